The number of likely N-dealkylation sites (N-methyl/N-ethyl adjacent to an activating group) is 1. The fraction of sp³-hybridized carbons (Fsp3) is 0.227. The van der Waals surface area contributed by atoms with Crippen LogP contribution >= 0.6 is 22.9 Å². The minimum Gasteiger partial charge on any atom is -0.325 e. The van der Waals surface area contributed by atoms with Crippen molar-refractivity contribution in [2.24, 2.45) is 0 Å². The van der Waals surface area contributed by atoms with Crippen molar-refractivity contribution in [2.45, 2.75) is 18.5 Å². The van der Waals surface area contributed by atoms with Gasteiger partial charge in [-0.05, 0) is 59.3 Å². The molecule has 3 aromatic rings. The van der Waals surface area contributed by atoms with Gasteiger partial charge < -0.3 is 5.32 Å². The van der Waals surface area contributed by atoms with Crippen molar-refractivity contribution in [3.8, 4) is 11.1 Å². The number of sulfonamides is 1. The summed E-state index contributed by atoms with van der Waals surface area (Å²) in [7, 11) is -6.04. The molecule has 1 saturated heterocycles. The predicted octanol–water partition coefficient (Wildman–Crippen LogP) is 3.80. The number of amides is 1. The zero-order chi connectivity index (χ0) is 26.3. The van der Waals surface area contributed by atoms with Gasteiger partial charge in [-0.2, -0.15) is 17.4 Å². The summed E-state index contributed by atoms with van der Waals surface area (Å²) in [6.45, 7) is 0. The second-order valence-electron chi connectivity index (χ2n) is 8.25. The number of carbonyl (C=O) groups excluding carboxylic acids is 1. The minimum atomic E-state index is -3.96. The van der Waals surface area contributed by atoms with Crippen molar-refractivity contribution in [3.63, 3.8) is 0 Å². The SMILES string of the molecule is CN1[C@H](C(=O)Nc2ccc(F)c(Cl)c2)C[C@H](c2cc(-c3ccc(NS(C)(=O)=O)cc3)cs2)NS1(=O)=O. The van der Waals surface area contributed by atoms with Crippen LogP contribution in [0, 0.1) is 5.82 Å². The van der Waals surface area contributed by atoms with Crippen molar-refractivity contribution in [2.75, 3.05) is 23.3 Å². The van der Waals surface area contributed by atoms with E-state index in [1.807, 2.05) is 11.4 Å². The number of benzene rings is 2. The molecule has 1 aliphatic rings. The van der Waals surface area contributed by atoms with Gasteiger partial charge >= 0.3 is 0 Å². The second-order valence-corrected chi connectivity index (χ2v) is 13.1. The molecule has 0 aliphatic carbocycles. The predicted molar refractivity (Wildman–Crippen MR) is 139 cm³/mol. The molecule has 14 heteroatoms. The molecule has 192 valence electrons. The van der Waals surface area contributed by atoms with Crippen LogP contribution in [0.3, 0.4) is 0 Å². The second kappa shape index (κ2) is 10.1. The lowest BCUT2D eigenvalue weighted by atomic mass is 10.0. The van der Waals surface area contributed by atoms with Crippen LogP contribution in [0.2, 0.25) is 5.02 Å². The summed E-state index contributed by atoms with van der Waals surface area (Å²) in [6.07, 6.45) is 1.23. The van der Waals surface area contributed by atoms with E-state index in [0.717, 1.165) is 27.8 Å². The van der Waals surface area contributed by atoms with Gasteiger partial charge in [0.1, 0.15) is 11.9 Å². The van der Waals surface area contributed by atoms with Crippen LogP contribution in [-0.2, 0) is 25.0 Å². The Morgan fingerprint density at radius 3 is 2.44 bits per heavy atom. The molecule has 1 aromatic heterocycles. The molecular formula is C22H22ClFN4O5S3. The van der Waals surface area contributed by atoms with Crippen LogP contribution in [-0.4, -0.2) is 46.4 Å². The number of rotatable bonds is 6. The Bertz CT molecular complexity index is 1510. The smallest absolute Gasteiger partial charge is 0.280 e. The zero-order valence-corrected chi connectivity index (χ0v) is 22.2. The summed E-state index contributed by atoms with van der Waals surface area (Å²) >= 11 is 7.12. The highest BCUT2D eigenvalue weighted by Crippen LogP contribution is 2.35. The molecule has 9 nitrogen and oxygen atoms in total. The first-order valence-corrected chi connectivity index (χ1v) is 15.1. The summed E-state index contributed by atoms with van der Waals surface area (Å²) in [5.74, 6) is -1.20. The van der Waals surface area contributed by atoms with Crippen molar-refractivity contribution < 1.29 is 26.0 Å². The number of anilines is 2. The maximum absolute atomic E-state index is 13.4. The Labute approximate surface area is 217 Å². The quantitative estimate of drug-likeness (QED) is 0.414. The molecule has 1 amide bonds. The Hall–Kier alpha value is -2.55. The van der Waals surface area contributed by atoms with E-state index in [2.05, 4.69) is 14.8 Å². The van der Waals surface area contributed by atoms with Crippen molar-refractivity contribution >= 4 is 60.5 Å². The average molecular weight is 573 g/mol. The molecule has 2 heterocycles. The first-order valence-electron chi connectivity index (χ1n) is 10.5. The monoisotopic (exact) mass is 572 g/mol. The van der Waals surface area contributed by atoms with E-state index in [-0.39, 0.29) is 17.1 Å². The largest absolute Gasteiger partial charge is 0.325 e. The van der Waals surface area contributed by atoms with E-state index >= 15 is 0 Å². The normalized spacial score (nSPS) is 20.1. The van der Waals surface area contributed by atoms with Crippen LogP contribution < -0.4 is 14.8 Å². The van der Waals surface area contributed by atoms with Gasteiger partial charge in [-0.3, -0.25) is 9.52 Å². The lowest BCUT2D eigenvalue weighted by molar-refractivity contribution is -0.120. The molecule has 0 saturated carbocycles. The number of thiophene rings is 1. The standard InChI is InChI=1S/C22H22ClFN4O5S3/c1-28-20(22(29)25-16-7-8-18(24)17(23)10-16)11-19(27-36(28,32)33)21-9-14(12-34-21)13-3-5-15(6-4-13)26-35(2,30)31/h3-10,12,19-20,26-27H,11H2,1-2H3,(H,25,29)/t19-,20+/m1/s1. The van der Waals surface area contributed by atoms with Gasteiger partial charge in [-0.15, -0.1) is 11.3 Å². The number of halogens is 2. The van der Waals surface area contributed by atoms with Gasteiger partial charge in [0, 0.05) is 23.3 Å². The summed E-state index contributed by atoms with van der Waals surface area (Å²) in [5, 5.41) is 4.30. The maximum Gasteiger partial charge on any atom is 0.280 e. The van der Waals surface area contributed by atoms with E-state index in [4.69, 9.17) is 11.6 Å². The van der Waals surface area contributed by atoms with Crippen molar-refractivity contribution in [1.29, 1.82) is 0 Å². The number of hydrogen-bond acceptors (Lipinski definition) is 6. The van der Waals surface area contributed by atoms with Crippen molar-refractivity contribution in [3.05, 3.63) is 69.6 Å². The fourth-order valence-corrected chi connectivity index (χ4v) is 6.79. The number of nitrogens with one attached hydrogen (secondary N) is 3. The number of carbonyl (C=O) groups is 1. The maximum atomic E-state index is 13.4. The highest BCUT2D eigenvalue weighted by molar-refractivity contribution is 7.92. The third kappa shape index (κ3) is 6.05. The van der Waals surface area contributed by atoms with Crippen LogP contribution in [0.5, 0.6) is 0 Å². The summed E-state index contributed by atoms with van der Waals surface area (Å²) in [5.41, 5.74) is 2.31. The van der Waals surface area contributed by atoms with Crippen LogP contribution in [0.4, 0.5) is 15.8 Å². The van der Waals surface area contributed by atoms with E-state index < -0.39 is 44.0 Å². The Morgan fingerprint density at radius 2 is 1.81 bits per heavy atom. The third-order valence-electron chi connectivity index (χ3n) is 5.54. The van der Waals surface area contributed by atoms with Gasteiger partial charge in [0.25, 0.3) is 10.2 Å². The topological polar surface area (TPSA) is 125 Å². The highest BCUT2D eigenvalue weighted by Gasteiger charge is 2.41. The zero-order valence-electron chi connectivity index (χ0n) is 19.0. The van der Waals surface area contributed by atoms with Crippen LogP contribution in [0.25, 0.3) is 11.1 Å². The molecule has 0 spiro atoms. The average Bonchev–Trinajstić information content (AvgIpc) is 3.28. The Morgan fingerprint density at radius 1 is 1.14 bits per heavy atom. The van der Waals surface area contributed by atoms with E-state index in [1.165, 1.54) is 30.5 Å². The molecule has 0 bridgehead atoms. The van der Waals surface area contributed by atoms with Crippen LogP contribution in [0.1, 0.15) is 17.3 Å². The molecule has 2 aromatic carbocycles. The van der Waals surface area contributed by atoms with Gasteiger partial charge in [-0.25, -0.2) is 12.8 Å². The molecule has 36 heavy (non-hydrogen) atoms. The van der Waals surface area contributed by atoms with Gasteiger partial charge in [0.15, 0.2) is 0 Å². The molecule has 1 aliphatic heterocycles. The third-order valence-corrected chi connectivity index (χ3v) is 9.08. The van der Waals surface area contributed by atoms with Crippen molar-refractivity contribution in [1.82, 2.24) is 9.03 Å². The lowest BCUT2D eigenvalue weighted by Crippen LogP contribution is -2.55. The Kier molecular flexibility index (Phi) is 7.42. The first-order chi connectivity index (χ1) is 16.8. The number of nitrogens with zero attached hydrogens (tertiary/aromatic N) is 1. The van der Waals surface area contributed by atoms with E-state index in [9.17, 15) is 26.0 Å². The minimum absolute atomic E-state index is 0.160. The molecular weight excluding hydrogens is 551 g/mol. The molecule has 0 radical (unpaired) electrons. The Balaban J connectivity index is 1.53. The summed E-state index contributed by atoms with van der Waals surface area (Å²) in [6, 6.07) is 10.6. The van der Waals surface area contributed by atoms with Gasteiger partial charge in [0.2, 0.25) is 15.9 Å². The molecule has 3 N–H and O–H groups in total. The molecule has 2 atom stereocenters. The first kappa shape index (κ1) is 26.5. The highest BCUT2D eigenvalue weighted by atomic mass is 35.5. The van der Waals surface area contributed by atoms with Crippen LogP contribution in [0.15, 0.2) is 53.9 Å². The summed E-state index contributed by atoms with van der Waals surface area (Å²) < 4.78 is 67.7. The number of hydrogen-bond donors (Lipinski definition) is 3. The van der Waals surface area contributed by atoms with Gasteiger partial charge in [0.05, 0.1) is 17.3 Å². The lowest BCUT2D eigenvalue weighted by Gasteiger charge is -2.35. The summed E-state index contributed by atoms with van der Waals surface area (Å²) in [4.78, 5) is 13.7. The molecule has 4 rings (SSSR count). The fourth-order valence-electron chi connectivity index (χ4n) is 3.73. The molecule has 0 unspecified atom stereocenters. The van der Waals surface area contributed by atoms with E-state index in [0.29, 0.717) is 10.6 Å². The molecule has 1 fully saturated rings. The van der Waals surface area contributed by atoms with Gasteiger partial charge in [-0.1, -0.05) is 23.7 Å². The van der Waals surface area contributed by atoms with E-state index in [1.54, 1.807) is 24.3 Å².